The van der Waals surface area contributed by atoms with Crippen LogP contribution in [-0.4, -0.2) is 30.9 Å². The molecule has 1 heterocycles. The van der Waals surface area contributed by atoms with Crippen LogP contribution in [0, 0.1) is 0 Å². The van der Waals surface area contributed by atoms with Gasteiger partial charge in [-0.05, 0) is 43.9 Å². The minimum Gasteiger partial charge on any atom is -0.497 e. The van der Waals surface area contributed by atoms with Gasteiger partial charge in [-0.1, -0.05) is 0 Å². The Hall–Kier alpha value is -1.63. The van der Waals surface area contributed by atoms with Crippen LogP contribution in [-0.2, 0) is 12.8 Å². The zero-order valence-electron chi connectivity index (χ0n) is 14.3. The Labute approximate surface area is 146 Å². The van der Waals surface area contributed by atoms with Crippen molar-refractivity contribution in [1.82, 2.24) is 10.3 Å². The van der Waals surface area contributed by atoms with E-state index in [1.807, 2.05) is 12.1 Å². The van der Waals surface area contributed by atoms with Gasteiger partial charge < -0.3 is 19.9 Å². The van der Waals surface area contributed by atoms with Gasteiger partial charge in [0.05, 0.1) is 32.1 Å². The van der Waals surface area contributed by atoms with Gasteiger partial charge in [-0.3, -0.25) is 0 Å². The van der Waals surface area contributed by atoms with E-state index in [9.17, 15) is 5.11 Å². The molecular weight excluding hydrogens is 324 g/mol. The van der Waals surface area contributed by atoms with Crippen LogP contribution in [0.25, 0.3) is 0 Å². The van der Waals surface area contributed by atoms with Gasteiger partial charge in [0, 0.05) is 17.5 Å². The maximum Gasteiger partial charge on any atom is 0.122 e. The molecule has 0 amide bonds. The van der Waals surface area contributed by atoms with Gasteiger partial charge in [-0.15, -0.1) is 11.3 Å². The summed E-state index contributed by atoms with van der Waals surface area (Å²) in [6.07, 6.45) is 2.85. The summed E-state index contributed by atoms with van der Waals surface area (Å²) in [6, 6.07) is 5.58. The number of thiazole rings is 1. The smallest absolute Gasteiger partial charge is 0.122 e. The van der Waals surface area contributed by atoms with Gasteiger partial charge in [-0.2, -0.15) is 0 Å². The normalized spacial score (nSPS) is 15.8. The number of aromatic nitrogens is 1. The summed E-state index contributed by atoms with van der Waals surface area (Å²) in [5, 5.41) is 15.0. The van der Waals surface area contributed by atoms with Crippen LogP contribution in [0.5, 0.6) is 11.5 Å². The van der Waals surface area contributed by atoms with Crippen molar-refractivity contribution in [2.24, 2.45) is 0 Å². The topological polar surface area (TPSA) is 63.6 Å². The lowest BCUT2D eigenvalue weighted by atomic mass is 10.1. The second kappa shape index (κ2) is 7.51. The third-order valence-electron chi connectivity index (χ3n) is 4.36. The van der Waals surface area contributed by atoms with Crippen molar-refractivity contribution in [3.8, 4) is 11.5 Å². The molecule has 2 unspecified atom stereocenters. The molecule has 130 valence electrons. The summed E-state index contributed by atoms with van der Waals surface area (Å²) in [4.78, 5) is 6.16. The number of fused-ring (bicyclic) bond motifs is 1. The van der Waals surface area contributed by atoms with Crippen molar-refractivity contribution in [3.05, 3.63) is 39.3 Å². The van der Waals surface area contributed by atoms with Crippen LogP contribution >= 0.6 is 11.3 Å². The van der Waals surface area contributed by atoms with Crippen molar-refractivity contribution in [1.29, 1.82) is 0 Å². The molecule has 6 heteroatoms. The third-order valence-corrected chi connectivity index (χ3v) is 5.70. The van der Waals surface area contributed by atoms with E-state index < -0.39 is 6.10 Å². The Morgan fingerprint density at radius 1 is 1.21 bits per heavy atom. The number of nitrogens with one attached hydrogen (secondary N) is 1. The first kappa shape index (κ1) is 17.2. The fraction of sp³-hybridized carbons (Fsp3) is 0.500. The van der Waals surface area contributed by atoms with E-state index >= 15 is 0 Å². The van der Waals surface area contributed by atoms with Crippen molar-refractivity contribution in [2.75, 3.05) is 20.8 Å². The number of aliphatic hydroxyl groups excluding tert-OH is 1. The molecule has 2 atom stereocenters. The summed E-state index contributed by atoms with van der Waals surface area (Å²) in [7, 11) is 3.21. The van der Waals surface area contributed by atoms with Crippen LogP contribution in [0.2, 0.25) is 0 Å². The highest BCUT2D eigenvalue weighted by atomic mass is 32.1. The van der Waals surface area contributed by atoms with E-state index in [1.54, 1.807) is 31.6 Å². The molecule has 3 rings (SSSR count). The molecular formula is C18H24N2O3S. The van der Waals surface area contributed by atoms with Gasteiger partial charge in [0.1, 0.15) is 16.5 Å². The van der Waals surface area contributed by atoms with Crippen molar-refractivity contribution < 1.29 is 14.6 Å². The van der Waals surface area contributed by atoms with Gasteiger partial charge >= 0.3 is 0 Å². The van der Waals surface area contributed by atoms with Gasteiger partial charge in [0.25, 0.3) is 0 Å². The van der Waals surface area contributed by atoms with E-state index in [0.717, 1.165) is 23.4 Å². The first-order valence-electron chi connectivity index (χ1n) is 8.23. The number of aliphatic hydroxyl groups is 1. The Morgan fingerprint density at radius 2 is 1.92 bits per heavy atom. The lowest BCUT2D eigenvalue weighted by Gasteiger charge is -2.17. The molecule has 0 bridgehead atoms. The molecule has 1 aromatic carbocycles. The van der Waals surface area contributed by atoms with Crippen molar-refractivity contribution in [2.45, 2.75) is 38.3 Å². The second-order valence-electron chi connectivity index (χ2n) is 6.07. The summed E-state index contributed by atoms with van der Waals surface area (Å²) in [6.45, 7) is 2.54. The number of benzene rings is 1. The number of methoxy groups -OCH3 is 2. The molecule has 5 nitrogen and oxygen atoms in total. The number of aryl methyl sites for hydroxylation is 2. The predicted molar refractivity (Wildman–Crippen MR) is 95.1 cm³/mol. The number of ether oxygens (including phenoxy) is 2. The van der Waals surface area contributed by atoms with Crippen LogP contribution in [0.15, 0.2) is 18.2 Å². The van der Waals surface area contributed by atoms with Gasteiger partial charge in [0.2, 0.25) is 0 Å². The Morgan fingerprint density at radius 3 is 2.54 bits per heavy atom. The predicted octanol–water partition coefficient (Wildman–Crippen LogP) is 3.03. The zero-order chi connectivity index (χ0) is 17.1. The molecule has 0 fully saturated rings. The highest BCUT2D eigenvalue weighted by molar-refractivity contribution is 7.11. The number of hydrogen-bond acceptors (Lipinski definition) is 6. The SMILES string of the molecule is COc1cc(OC)cc(C(O)CNC(C)c2nc3c(s2)CCC3)c1. The van der Waals surface area contributed by atoms with Gasteiger partial charge in [-0.25, -0.2) is 4.98 Å². The molecule has 0 saturated heterocycles. The molecule has 0 spiro atoms. The van der Waals surface area contributed by atoms with Crippen LogP contribution < -0.4 is 14.8 Å². The fourth-order valence-corrected chi connectivity index (χ4v) is 4.09. The Balaban J connectivity index is 1.63. The average molecular weight is 348 g/mol. The standard InChI is InChI=1S/C18H24N2O3S/c1-11(18-20-15-5-4-6-17(15)24-18)19-10-16(21)12-7-13(22-2)9-14(8-12)23-3/h7-9,11,16,19,21H,4-6,10H2,1-3H3. The first-order valence-corrected chi connectivity index (χ1v) is 9.05. The fourth-order valence-electron chi connectivity index (χ4n) is 2.91. The van der Waals surface area contributed by atoms with E-state index in [-0.39, 0.29) is 6.04 Å². The quantitative estimate of drug-likeness (QED) is 0.805. The van der Waals surface area contributed by atoms with E-state index in [1.165, 1.54) is 17.0 Å². The molecule has 0 saturated carbocycles. The first-order chi connectivity index (χ1) is 11.6. The largest absolute Gasteiger partial charge is 0.497 e. The molecule has 1 aromatic heterocycles. The van der Waals surface area contributed by atoms with Crippen molar-refractivity contribution >= 4 is 11.3 Å². The lowest BCUT2D eigenvalue weighted by Crippen LogP contribution is -2.24. The van der Waals surface area contributed by atoms with Crippen molar-refractivity contribution in [3.63, 3.8) is 0 Å². The Kier molecular flexibility index (Phi) is 5.38. The molecule has 2 N–H and O–H groups in total. The van der Waals surface area contributed by atoms with E-state index in [4.69, 9.17) is 14.5 Å². The summed E-state index contributed by atoms with van der Waals surface area (Å²) in [5.74, 6) is 1.35. The van der Waals surface area contributed by atoms with Gasteiger partial charge in [0.15, 0.2) is 0 Å². The lowest BCUT2D eigenvalue weighted by molar-refractivity contribution is 0.170. The summed E-state index contributed by atoms with van der Waals surface area (Å²) < 4.78 is 10.5. The van der Waals surface area contributed by atoms with Crippen LogP contribution in [0.4, 0.5) is 0 Å². The monoisotopic (exact) mass is 348 g/mol. The number of nitrogens with zero attached hydrogens (tertiary/aromatic N) is 1. The Bertz CT molecular complexity index is 658. The second-order valence-corrected chi connectivity index (χ2v) is 7.18. The molecule has 2 aromatic rings. The molecule has 0 radical (unpaired) electrons. The highest BCUT2D eigenvalue weighted by Gasteiger charge is 2.20. The van der Waals surface area contributed by atoms with E-state index in [2.05, 4.69) is 12.2 Å². The maximum absolute atomic E-state index is 10.5. The number of rotatable bonds is 7. The summed E-state index contributed by atoms with van der Waals surface area (Å²) in [5.41, 5.74) is 2.04. The molecule has 0 aliphatic heterocycles. The minimum atomic E-state index is -0.636. The zero-order valence-corrected chi connectivity index (χ0v) is 15.2. The molecule has 1 aliphatic carbocycles. The number of hydrogen-bond donors (Lipinski definition) is 2. The van der Waals surface area contributed by atoms with Crippen LogP contribution in [0.1, 0.15) is 46.6 Å². The van der Waals surface area contributed by atoms with E-state index in [0.29, 0.717) is 18.0 Å². The third kappa shape index (κ3) is 3.71. The average Bonchev–Trinajstić information content (AvgIpc) is 3.20. The highest BCUT2D eigenvalue weighted by Crippen LogP contribution is 2.31. The minimum absolute atomic E-state index is 0.128. The van der Waals surface area contributed by atoms with Crippen LogP contribution in [0.3, 0.4) is 0 Å². The summed E-state index contributed by atoms with van der Waals surface area (Å²) >= 11 is 1.79. The molecule has 1 aliphatic rings. The molecule has 24 heavy (non-hydrogen) atoms. The maximum atomic E-state index is 10.5.